The number of likely N-dealkylation sites (tertiary alicyclic amines) is 1. The molecule has 1 aliphatic heterocycles. The lowest BCUT2D eigenvalue weighted by Gasteiger charge is -2.26. The number of aliphatic carboxylic acids is 1. The first-order valence-corrected chi connectivity index (χ1v) is 7.20. The van der Waals surface area contributed by atoms with E-state index in [-0.39, 0.29) is 11.9 Å². The largest absolute Gasteiger partial charge is 0.481 e. The van der Waals surface area contributed by atoms with Crippen molar-refractivity contribution in [2.24, 2.45) is 5.41 Å². The van der Waals surface area contributed by atoms with Crippen molar-refractivity contribution in [2.75, 3.05) is 13.1 Å². The van der Waals surface area contributed by atoms with Gasteiger partial charge in [-0.25, -0.2) is 0 Å². The van der Waals surface area contributed by atoms with Crippen molar-refractivity contribution in [3.05, 3.63) is 0 Å². The summed E-state index contributed by atoms with van der Waals surface area (Å²) in [5.41, 5.74) is -0.706. The molecule has 19 heavy (non-hydrogen) atoms. The number of carboxylic acids is 1. The molecule has 0 aromatic carbocycles. The molecule has 0 spiro atoms. The first kappa shape index (κ1) is 14.3. The summed E-state index contributed by atoms with van der Waals surface area (Å²) in [5, 5.41) is 12.3. The van der Waals surface area contributed by atoms with E-state index >= 15 is 0 Å². The van der Waals surface area contributed by atoms with Gasteiger partial charge in [0.15, 0.2) is 0 Å². The summed E-state index contributed by atoms with van der Waals surface area (Å²) < 4.78 is 0. The van der Waals surface area contributed by atoms with Crippen molar-refractivity contribution in [3.8, 4) is 0 Å². The quantitative estimate of drug-likeness (QED) is 0.804. The van der Waals surface area contributed by atoms with Crippen LogP contribution in [0.2, 0.25) is 0 Å². The number of hydrogen-bond donors (Lipinski definition) is 2. The number of nitrogens with zero attached hydrogens (tertiary/aromatic N) is 1. The second kappa shape index (κ2) is 5.49. The van der Waals surface area contributed by atoms with Gasteiger partial charge in [-0.3, -0.25) is 14.5 Å². The van der Waals surface area contributed by atoms with Gasteiger partial charge in [-0.05, 0) is 33.1 Å². The number of hydrogen-bond acceptors (Lipinski definition) is 3. The first-order valence-electron chi connectivity index (χ1n) is 7.20. The molecule has 1 heterocycles. The third-order valence-corrected chi connectivity index (χ3v) is 4.65. The zero-order valence-corrected chi connectivity index (χ0v) is 11.8. The normalized spacial score (nSPS) is 30.4. The van der Waals surface area contributed by atoms with E-state index < -0.39 is 11.4 Å². The van der Waals surface area contributed by atoms with Gasteiger partial charge < -0.3 is 10.4 Å². The molecule has 2 unspecified atom stereocenters. The van der Waals surface area contributed by atoms with Crippen LogP contribution in [-0.2, 0) is 9.59 Å². The molecule has 2 aliphatic rings. The van der Waals surface area contributed by atoms with E-state index in [4.69, 9.17) is 0 Å². The summed E-state index contributed by atoms with van der Waals surface area (Å²) in [5.74, 6) is -0.722. The number of rotatable bonds is 4. The van der Waals surface area contributed by atoms with E-state index in [1.165, 1.54) is 12.8 Å². The van der Waals surface area contributed by atoms with Crippen LogP contribution in [0.15, 0.2) is 0 Å². The molecule has 2 rings (SSSR count). The molecule has 5 heteroatoms. The van der Waals surface area contributed by atoms with Crippen LogP contribution in [0.25, 0.3) is 0 Å². The minimum atomic E-state index is -0.765. The van der Waals surface area contributed by atoms with E-state index in [0.29, 0.717) is 25.6 Å². The standard InChI is InChI=1S/C14H24N2O3/c1-10(12(17)15-11-5-3-4-6-11)16-8-7-14(2,9-16)13(18)19/h10-11H,3-9H2,1-2H3,(H,15,17)(H,18,19). The van der Waals surface area contributed by atoms with Gasteiger partial charge in [-0.2, -0.15) is 0 Å². The molecule has 0 radical (unpaired) electrons. The van der Waals surface area contributed by atoms with Crippen LogP contribution in [0.4, 0.5) is 0 Å². The highest BCUT2D eigenvalue weighted by Crippen LogP contribution is 2.31. The van der Waals surface area contributed by atoms with Crippen molar-refractivity contribution >= 4 is 11.9 Å². The van der Waals surface area contributed by atoms with Crippen molar-refractivity contribution in [1.82, 2.24) is 10.2 Å². The maximum atomic E-state index is 12.2. The average Bonchev–Trinajstić information content (AvgIpc) is 2.98. The average molecular weight is 268 g/mol. The topological polar surface area (TPSA) is 69.6 Å². The lowest BCUT2D eigenvalue weighted by Crippen LogP contribution is -2.47. The van der Waals surface area contributed by atoms with E-state index in [1.807, 2.05) is 11.8 Å². The minimum Gasteiger partial charge on any atom is -0.481 e. The van der Waals surface area contributed by atoms with Crippen LogP contribution in [0.1, 0.15) is 46.0 Å². The van der Waals surface area contributed by atoms with Gasteiger partial charge in [0.1, 0.15) is 0 Å². The number of nitrogens with one attached hydrogen (secondary N) is 1. The highest BCUT2D eigenvalue weighted by molar-refractivity contribution is 5.82. The molecular formula is C14H24N2O3. The van der Waals surface area contributed by atoms with Crippen molar-refractivity contribution < 1.29 is 14.7 Å². The van der Waals surface area contributed by atoms with E-state index in [0.717, 1.165) is 12.8 Å². The molecule has 1 amide bonds. The zero-order valence-electron chi connectivity index (χ0n) is 11.8. The Kier molecular flexibility index (Phi) is 4.13. The van der Waals surface area contributed by atoms with E-state index in [9.17, 15) is 14.7 Å². The predicted octanol–water partition coefficient (Wildman–Crippen LogP) is 1.23. The lowest BCUT2D eigenvalue weighted by atomic mass is 9.90. The maximum Gasteiger partial charge on any atom is 0.310 e. The molecule has 0 aromatic heterocycles. The molecule has 1 saturated heterocycles. The van der Waals surface area contributed by atoms with Crippen LogP contribution in [-0.4, -0.2) is 47.1 Å². The molecule has 0 aromatic rings. The highest BCUT2D eigenvalue weighted by atomic mass is 16.4. The summed E-state index contributed by atoms with van der Waals surface area (Å²) in [6.45, 7) is 4.78. The predicted molar refractivity (Wildman–Crippen MR) is 71.8 cm³/mol. The van der Waals surface area contributed by atoms with E-state index in [2.05, 4.69) is 5.32 Å². The van der Waals surface area contributed by atoms with Crippen LogP contribution >= 0.6 is 0 Å². The Labute approximate surface area is 114 Å². The number of amides is 1. The second-order valence-corrected chi connectivity index (χ2v) is 6.25. The van der Waals surface area contributed by atoms with Gasteiger partial charge in [0, 0.05) is 19.1 Å². The Bertz CT molecular complexity index is 366. The first-order chi connectivity index (χ1) is 8.92. The molecule has 2 N–H and O–H groups in total. The smallest absolute Gasteiger partial charge is 0.310 e. The van der Waals surface area contributed by atoms with E-state index in [1.54, 1.807) is 6.92 Å². The molecule has 5 nitrogen and oxygen atoms in total. The fraction of sp³-hybridized carbons (Fsp3) is 0.857. The summed E-state index contributed by atoms with van der Waals surface area (Å²) in [6, 6.07) is 0.0881. The Morgan fingerprint density at radius 3 is 2.53 bits per heavy atom. The summed E-state index contributed by atoms with van der Waals surface area (Å²) in [4.78, 5) is 25.4. The molecule has 2 fully saturated rings. The SMILES string of the molecule is CC(C(=O)NC1CCCC1)N1CCC(C)(C(=O)O)C1. The number of carboxylic acid groups (broad SMARTS) is 1. The Hall–Kier alpha value is -1.10. The molecule has 108 valence electrons. The summed E-state index contributed by atoms with van der Waals surface area (Å²) in [6.07, 6.45) is 5.15. The Morgan fingerprint density at radius 2 is 2.00 bits per heavy atom. The molecule has 0 bridgehead atoms. The molecular weight excluding hydrogens is 244 g/mol. The lowest BCUT2D eigenvalue weighted by molar-refractivity contribution is -0.147. The van der Waals surface area contributed by atoms with Crippen molar-refractivity contribution in [1.29, 1.82) is 0 Å². The highest BCUT2D eigenvalue weighted by Gasteiger charge is 2.43. The molecule has 2 atom stereocenters. The minimum absolute atomic E-state index is 0.0431. The molecule has 1 aliphatic carbocycles. The third-order valence-electron chi connectivity index (χ3n) is 4.65. The van der Waals surface area contributed by atoms with Crippen LogP contribution < -0.4 is 5.32 Å². The maximum absolute atomic E-state index is 12.2. The molecule has 1 saturated carbocycles. The zero-order chi connectivity index (χ0) is 14.0. The Morgan fingerprint density at radius 1 is 1.37 bits per heavy atom. The van der Waals surface area contributed by atoms with Crippen molar-refractivity contribution in [2.45, 2.75) is 58.0 Å². The monoisotopic (exact) mass is 268 g/mol. The Balaban J connectivity index is 1.88. The fourth-order valence-corrected chi connectivity index (χ4v) is 3.06. The van der Waals surface area contributed by atoms with Gasteiger partial charge in [0.05, 0.1) is 11.5 Å². The fourth-order valence-electron chi connectivity index (χ4n) is 3.06. The van der Waals surface area contributed by atoms with Gasteiger partial charge in [-0.15, -0.1) is 0 Å². The number of carbonyl (C=O) groups excluding carboxylic acids is 1. The van der Waals surface area contributed by atoms with Gasteiger partial charge in [0.2, 0.25) is 5.91 Å². The third kappa shape index (κ3) is 3.08. The van der Waals surface area contributed by atoms with Gasteiger partial charge in [0.25, 0.3) is 0 Å². The van der Waals surface area contributed by atoms with Crippen LogP contribution in [0.5, 0.6) is 0 Å². The van der Waals surface area contributed by atoms with Crippen LogP contribution in [0.3, 0.4) is 0 Å². The van der Waals surface area contributed by atoms with Crippen LogP contribution in [0, 0.1) is 5.41 Å². The summed E-state index contributed by atoms with van der Waals surface area (Å²) in [7, 11) is 0. The second-order valence-electron chi connectivity index (χ2n) is 6.25. The van der Waals surface area contributed by atoms with Crippen molar-refractivity contribution in [3.63, 3.8) is 0 Å². The van der Waals surface area contributed by atoms with Gasteiger partial charge >= 0.3 is 5.97 Å². The summed E-state index contributed by atoms with van der Waals surface area (Å²) >= 11 is 0. The number of carbonyl (C=O) groups is 2. The van der Waals surface area contributed by atoms with Gasteiger partial charge in [-0.1, -0.05) is 12.8 Å².